The van der Waals surface area contributed by atoms with Crippen molar-refractivity contribution >= 4 is 34.4 Å². The number of aliphatic hydroxyl groups is 1. The van der Waals surface area contributed by atoms with Gasteiger partial charge in [0.15, 0.2) is 4.90 Å². The van der Waals surface area contributed by atoms with Crippen LogP contribution >= 0.6 is 11.6 Å². The lowest BCUT2D eigenvalue weighted by atomic mass is 10.0. The highest BCUT2D eigenvalue weighted by Gasteiger charge is 2.55. The molecule has 0 saturated heterocycles. The Hall–Kier alpha value is -0.960. The van der Waals surface area contributed by atoms with E-state index in [1.165, 1.54) is 18.2 Å². The summed E-state index contributed by atoms with van der Waals surface area (Å²) in [7, 11) is 0. The minimum absolute atomic E-state index is 0.0343. The smallest absolute Gasteiger partial charge is 0.426 e. The average Bonchev–Trinajstić information content (AvgIpc) is 2.55. The summed E-state index contributed by atoms with van der Waals surface area (Å²) in [6.07, 6.45) is -0.242. The lowest BCUT2D eigenvalue weighted by Crippen LogP contribution is -2.52. The molecule has 9 heteroatoms. The predicted octanol–water partition coefficient (Wildman–Crippen LogP) is 4.03. The summed E-state index contributed by atoms with van der Waals surface area (Å²) < 4.78 is 50.6. The lowest BCUT2D eigenvalue weighted by Gasteiger charge is -2.26. The molecule has 140 valence electrons. The van der Waals surface area contributed by atoms with Gasteiger partial charge in [0.25, 0.3) is 5.91 Å². The molecule has 1 fully saturated rings. The normalized spacial score (nSPS) is 20.0. The van der Waals surface area contributed by atoms with Crippen LogP contribution in [0.3, 0.4) is 0 Å². The van der Waals surface area contributed by atoms with Crippen molar-refractivity contribution in [3.05, 3.63) is 23.2 Å². The van der Waals surface area contributed by atoms with E-state index in [9.17, 15) is 27.6 Å². The summed E-state index contributed by atoms with van der Waals surface area (Å²) in [5.74, 6) is -1.64. The van der Waals surface area contributed by atoms with E-state index in [1.807, 2.05) is 5.32 Å². The largest absolute Gasteiger partial charge is 0.611 e. The number of amides is 1. The van der Waals surface area contributed by atoms with E-state index in [4.69, 9.17) is 11.6 Å². The SMILES string of the molecule is C[C@@](O)(C(=O)Nc1ccc([S+]([O-])C2CCCCC2)cc1Cl)C(F)(F)F. The van der Waals surface area contributed by atoms with E-state index < -0.39 is 28.9 Å². The van der Waals surface area contributed by atoms with Gasteiger partial charge in [0.2, 0.25) is 5.60 Å². The highest BCUT2D eigenvalue weighted by Crippen LogP contribution is 2.34. The van der Waals surface area contributed by atoms with E-state index in [0.717, 1.165) is 32.1 Å². The number of carbonyl (C=O) groups excluding carboxylic acids is 1. The molecule has 2 rings (SSSR count). The Balaban J connectivity index is 2.13. The van der Waals surface area contributed by atoms with E-state index in [0.29, 0.717) is 11.8 Å². The van der Waals surface area contributed by atoms with E-state index in [2.05, 4.69) is 0 Å². The Kier molecular flexibility index (Phi) is 6.30. The molecule has 4 nitrogen and oxygen atoms in total. The molecule has 0 radical (unpaired) electrons. The fourth-order valence-electron chi connectivity index (χ4n) is 2.57. The summed E-state index contributed by atoms with van der Waals surface area (Å²) in [5, 5.41) is 11.3. The molecule has 1 aliphatic carbocycles. The van der Waals surface area contributed by atoms with Gasteiger partial charge in [-0.25, -0.2) is 0 Å². The molecule has 1 aromatic carbocycles. The molecule has 2 N–H and O–H groups in total. The summed E-state index contributed by atoms with van der Waals surface area (Å²) in [6.45, 7) is 0.364. The molecule has 0 heterocycles. The molecular formula is C16H19ClF3NO3S. The number of anilines is 1. The van der Waals surface area contributed by atoms with Gasteiger partial charge in [0.1, 0.15) is 5.25 Å². The van der Waals surface area contributed by atoms with Crippen LogP contribution in [-0.4, -0.2) is 32.6 Å². The first-order chi connectivity index (χ1) is 11.5. The third-order valence-electron chi connectivity index (χ3n) is 4.27. The Labute approximate surface area is 151 Å². The maximum atomic E-state index is 12.7. The molecule has 25 heavy (non-hydrogen) atoms. The zero-order valence-corrected chi connectivity index (χ0v) is 15.1. The summed E-state index contributed by atoms with van der Waals surface area (Å²) in [5.41, 5.74) is -3.62. The van der Waals surface area contributed by atoms with Crippen LogP contribution in [0.1, 0.15) is 39.0 Å². The third-order valence-corrected chi connectivity index (χ3v) is 6.38. The maximum absolute atomic E-state index is 12.7. The first-order valence-electron chi connectivity index (χ1n) is 7.84. The molecule has 0 aliphatic heterocycles. The van der Waals surface area contributed by atoms with Gasteiger partial charge >= 0.3 is 6.18 Å². The van der Waals surface area contributed by atoms with Crippen LogP contribution in [0.15, 0.2) is 23.1 Å². The molecule has 1 amide bonds. The first-order valence-corrected chi connectivity index (χ1v) is 9.44. The van der Waals surface area contributed by atoms with E-state index in [1.54, 1.807) is 0 Å². The third kappa shape index (κ3) is 4.61. The number of halogens is 4. The number of rotatable bonds is 4. The first kappa shape index (κ1) is 20.4. The fraction of sp³-hybridized carbons (Fsp3) is 0.562. The topological polar surface area (TPSA) is 72.4 Å². The molecular weight excluding hydrogens is 379 g/mol. The van der Waals surface area contributed by atoms with Crippen molar-refractivity contribution in [2.75, 3.05) is 5.32 Å². The second-order valence-corrected chi connectivity index (χ2v) is 8.36. The van der Waals surface area contributed by atoms with Gasteiger partial charge in [0.05, 0.1) is 10.7 Å². The summed E-state index contributed by atoms with van der Waals surface area (Å²) in [4.78, 5) is 12.2. The minimum atomic E-state index is -5.12. The standard InChI is InChI=1S/C16H19ClF3NO3S/c1-15(23,16(18,19)20)14(22)21-13-8-7-11(9-12(13)17)25(24)10-5-3-2-4-6-10/h7-10,23H,2-6H2,1H3,(H,21,22)/t15-,25?/m1/s1. The maximum Gasteiger partial charge on any atom is 0.426 e. The number of hydrogen-bond acceptors (Lipinski definition) is 3. The fourth-order valence-corrected chi connectivity index (χ4v) is 4.44. The molecule has 0 spiro atoms. The quantitative estimate of drug-likeness (QED) is 0.753. The van der Waals surface area contributed by atoms with E-state index in [-0.39, 0.29) is 16.0 Å². The van der Waals surface area contributed by atoms with Crippen LogP contribution < -0.4 is 5.32 Å². The van der Waals surface area contributed by atoms with Crippen LogP contribution in [0.5, 0.6) is 0 Å². The van der Waals surface area contributed by atoms with Crippen LogP contribution in [0.2, 0.25) is 5.02 Å². The highest BCUT2D eigenvalue weighted by atomic mass is 35.5. The van der Waals surface area contributed by atoms with Crippen molar-refractivity contribution in [1.29, 1.82) is 0 Å². The van der Waals surface area contributed by atoms with Crippen molar-refractivity contribution < 1.29 is 27.6 Å². The van der Waals surface area contributed by atoms with Gasteiger partial charge in [-0.3, -0.25) is 4.79 Å². The number of benzene rings is 1. The number of alkyl halides is 3. The molecule has 0 bridgehead atoms. The van der Waals surface area contributed by atoms with Gasteiger partial charge in [-0.1, -0.05) is 18.0 Å². The molecule has 1 saturated carbocycles. The number of hydrogen-bond donors (Lipinski definition) is 2. The van der Waals surface area contributed by atoms with Gasteiger partial charge < -0.3 is 15.0 Å². The van der Waals surface area contributed by atoms with Crippen molar-refractivity contribution in [2.24, 2.45) is 0 Å². The van der Waals surface area contributed by atoms with Gasteiger partial charge in [-0.15, -0.1) is 0 Å². The lowest BCUT2D eigenvalue weighted by molar-refractivity contribution is -0.242. The Morgan fingerprint density at radius 1 is 1.32 bits per heavy atom. The Morgan fingerprint density at radius 2 is 1.92 bits per heavy atom. The van der Waals surface area contributed by atoms with Crippen molar-refractivity contribution in [2.45, 2.75) is 61.0 Å². The molecule has 2 atom stereocenters. The van der Waals surface area contributed by atoms with Crippen molar-refractivity contribution in [3.8, 4) is 0 Å². The minimum Gasteiger partial charge on any atom is -0.611 e. The molecule has 0 aromatic heterocycles. The molecule has 1 aliphatic rings. The number of carbonyl (C=O) groups is 1. The highest BCUT2D eigenvalue weighted by molar-refractivity contribution is 7.92. The zero-order valence-electron chi connectivity index (χ0n) is 13.5. The van der Waals surface area contributed by atoms with Crippen LogP contribution in [0, 0.1) is 0 Å². The van der Waals surface area contributed by atoms with Gasteiger partial charge in [0, 0.05) is 6.07 Å². The van der Waals surface area contributed by atoms with Crippen LogP contribution in [0.4, 0.5) is 18.9 Å². The second-order valence-electron chi connectivity index (χ2n) is 6.22. The van der Waals surface area contributed by atoms with Crippen LogP contribution in [0.25, 0.3) is 0 Å². The summed E-state index contributed by atoms with van der Waals surface area (Å²) >= 11 is 4.75. The van der Waals surface area contributed by atoms with Gasteiger partial charge in [-0.2, -0.15) is 13.2 Å². The Bertz CT molecular complexity index is 634. The Morgan fingerprint density at radius 3 is 2.44 bits per heavy atom. The molecule has 1 unspecified atom stereocenters. The average molecular weight is 398 g/mol. The van der Waals surface area contributed by atoms with Crippen LogP contribution in [-0.2, 0) is 16.0 Å². The predicted molar refractivity (Wildman–Crippen MR) is 90.0 cm³/mol. The second kappa shape index (κ2) is 7.73. The van der Waals surface area contributed by atoms with Crippen molar-refractivity contribution in [3.63, 3.8) is 0 Å². The zero-order chi connectivity index (χ0) is 18.8. The monoisotopic (exact) mass is 397 g/mol. The van der Waals surface area contributed by atoms with Gasteiger partial charge in [-0.05, 0) is 55.9 Å². The number of nitrogens with one attached hydrogen (secondary N) is 1. The summed E-state index contributed by atoms with van der Waals surface area (Å²) in [6, 6.07) is 4.14. The van der Waals surface area contributed by atoms with E-state index >= 15 is 0 Å². The van der Waals surface area contributed by atoms with Crippen molar-refractivity contribution in [1.82, 2.24) is 0 Å². The molecule has 1 aromatic rings.